The molecule has 0 spiro atoms. The molecular formula is C13H11ClO. The molecule has 0 radical (unpaired) electrons. The van der Waals surface area contributed by atoms with Gasteiger partial charge in [0.05, 0.1) is 6.61 Å². The molecule has 1 N–H and O–H groups in total. The Labute approximate surface area is 94.0 Å². The Bertz CT molecular complexity index is 448. The first kappa shape index (κ1) is 10.2. The predicted molar refractivity (Wildman–Crippen MR) is 62.8 cm³/mol. The van der Waals surface area contributed by atoms with Crippen LogP contribution in [0.1, 0.15) is 5.56 Å². The van der Waals surface area contributed by atoms with Crippen LogP contribution in [0.3, 0.4) is 0 Å². The van der Waals surface area contributed by atoms with Crippen molar-refractivity contribution in [3.63, 3.8) is 0 Å². The minimum atomic E-state index is 0.0722. The molecule has 15 heavy (non-hydrogen) atoms. The molecule has 76 valence electrons. The van der Waals surface area contributed by atoms with Gasteiger partial charge in [-0.2, -0.15) is 0 Å². The number of halogens is 1. The molecule has 0 fully saturated rings. The highest BCUT2D eigenvalue weighted by Gasteiger charge is 2.01. The van der Waals surface area contributed by atoms with Crippen molar-refractivity contribution in [3.05, 3.63) is 59.1 Å². The maximum absolute atomic E-state index is 8.93. The first-order chi connectivity index (χ1) is 7.31. The Kier molecular flexibility index (Phi) is 3.05. The Morgan fingerprint density at radius 1 is 0.933 bits per heavy atom. The molecule has 0 heterocycles. The van der Waals surface area contributed by atoms with E-state index in [-0.39, 0.29) is 6.61 Å². The van der Waals surface area contributed by atoms with E-state index in [4.69, 9.17) is 16.7 Å². The van der Waals surface area contributed by atoms with E-state index in [0.717, 1.165) is 21.7 Å². The number of aliphatic hydroxyl groups excluding tert-OH is 1. The van der Waals surface area contributed by atoms with E-state index in [1.54, 1.807) is 0 Å². The average molecular weight is 219 g/mol. The zero-order valence-corrected chi connectivity index (χ0v) is 8.91. The van der Waals surface area contributed by atoms with Crippen LogP contribution in [0.5, 0.6) is 0 Å². The number of rotatable bonds is 2. The van der Waals surface area contributed by atoms with Crippen molar-refractivity contribution in [3.8, 4) is 11.1 Å². The smallest absolute Gasteiger partial charge is 0.0681 e. The first-order valence-corrected chi connectivity index (χ1v) is 5.14. The lowest BCUT2D eigenvalue weighted by Crippen LogP contribution is -1.83. The van der Waals surface area contributed by atoms with Crippen molar-refractivity contribution in [2.75, 3.05) is 0 Å². The summed E-state index contributed by atoms with van der Waals surface area (Å²) in [5, 5.41) is 9.67. The first-order valence-electron chi connectivity index (χ1n) is 4.76. The van der Waals surface area contributed by atoms with Crippen LogP contribution in [-0.4, -0.2) is 5.11 Å². The van der Waals surface area contributed by atoms with Gasteiger partial charge in [-0.15, -0.1) is 0 Å². The van der Waals surface area contributed by atoms with Gasteiger partial charge in [-0.05, 0) is 17.2 Å². The maximum Gasteiger partial charge on any atom is 0.0681 e. The van der Waals surface area contributed by atoms with Gasteiger partial charge in [0, 0.05) is 10.6 Å². The normalized spacial score (nSPS) is 10.3. The lowest BCUT2D eigenvalue weighted by molar-refractivity contribution is 0.282. The topological polar surface area (TPSA) is 20.2 Å². The molecule has 1 nitrogen and oxygen atoms in total. The number of aliphatic hydroxyl groups is 1. The number of hydrogen-bond donors (Lipinski definition) is 1. The van der Waals surface area contributed by atoms with Crippen LogP contribution in [0.2, 0.25) is 5.02 Å². The maximum atomic E-state index is 8.93. The Morgan fingerprint density at radius 3 is 2.20 bits per heavy atom. The third-order valence-corrected chi connectivity index (χ3v) is 2.65. The van der Waals surface area contributed by atoms with Crippen LogP contribution in [0.15, 0.2) is 48.5 Å². The number of hydrogen-bond acceptors (Lipinski definition) is 1. The van der Waals surface area contributed by atoms with Gasteiger partial charge in [-0.25, -0.2) is 0 Å². The summed E-state index contributed by atoms with van der Waals surface area (Å²) in [7, 11) is 0. The largest absolute Gasteiger partial charge is 0.392 e. The van der Waals surface area contributed by atoms with Gasteiger partial charge in [-0.1, -0.05) is 54.1 Å². The van der Waals surface area contributed by atoms with E-state index in [1.807, 2.05) is 48.5 Å². The van der Waals surface area contributed by atoms with Crippen LogP contribution >= 0.6 is 11.6 Å². The molecule has 0 saturated heterocycles. The standard InChI is InChI=1S/C13H11ClO/c14-13-4-2-1-3-12(13)11-7-5-10(9-15)6-8-11/h1-8,15H,9H2. The van der Waals surface area contributed by atoms with E-state index in [2.05, 4.69) is 0 Å². The van der Waals surface area contributed by atoms with Gasteiger partial charge < -0.3 is 5.11 Å². The third kappa shape index (κ3) is 2.20. The summed E-state index contributed by atoms with van der Waals surface area (Å²) >= 11 is 6.08. The lowest BCUT2D eigenvalue weighted by atomic mass is 10.0. The van der Waals surface area contributed by atoms with Gasteiger partial charge >= 0.3 is 0 Å². The van der Waals surface area contributed by atoms with E-state index < -0.39 is 0 Å². The summed E-state index contributed by atoms with van der Waals surface area (Å²) in [6.07, 6.45) is 0. The van der Waals surface area contributed by atoms with Gasteiger partial charge in [0.2, 0.25) is 0 Å². The van der Waals surface area contributed by atoms with Crippen molar-refractivity contribution >= 4 is 11.6 Å². The quantitative estimate of drug-likeness (QED) is 0.818. The van der Waals surface area contributed by atoms with Crippen LogP contribution in [0.25, 0.3) is 11.1 Å². The summed E-state index contributed by atoms with van der Waals surface area (Å²) in [6.45, 7) is 0.0722. The predicted octanol–water partition coefficient (Wildman–Crippen LogP) is 3.50. The number of benzene rings is 2. The molecule has 0 aliphatic rings. The van der Waals surface area contributed by atoms with Gasteiger partial charge in [-0.3, -0.25) is 0 Å². The van der Waals surface area contributed by atoms with Crippen molar-refractivity contribution in [1.82, 2.24) is 0 Å². The van der Waals surface area contributed by atoms with Crippen LogP contribution in [-0.2, 0) is 6.61 Å². The van der Waals surface area contributed by atoms with Crippen molar-refractivity contribution in [2.45, 2.75) is 6.61 Å². The summed E-state index contributed by atoms with van der Waals surface area (Å²) in [4.78, 5) is 0. The molecule has 0 atom stereocenters. The Balaban J connectivity index is 2.42. The van der Waals surface area contributed by atoms with Crippen LogP contribution < -0.4 is 0 Å². The molecule has 2 aromatic rings. The average Bonchev–Trinajstić information content (AvgIpc) is 2.30. The molecule has 0 unspecified atom stereocenters. The van der Waals surface area contributed by atoms with Crippen molar-refractivity contribution in [2.24, 2.45) is 0 Å². The molecule has 0 aromatic heterocycles. The molecule has 2 aromatic carbocycles. The summed E-state index contributed by atoms with van der Waals surface area (Å²) in [6, 6.07) is 15.5. The molecule has 0 saturated carbocycles. The highest BCUT2D eigenvalue weighted by Crippen LogP contribution is 2.27. The SMILES string of the molecule is OCc1ccc(-c2ccccc2Cl)cc1. The van der Waals surface area contributed by atoms with E-state index >= 15 is 0 Å². The minimum Gasteiger partial charge on any atom is -0.392 e. The van der Waals surface area contributed by atoms with Crippen LogP contribution in [0.4, 0.5) is 0 Å². The van der Waals surface area contributed by atoms with E-state index in [9.17, 15) is 0 Å². The zero-order valence-electron chi connectivity index (χ0n) is 8.15. The summed E-state index contributed by atoms with van der Waals surface area (Å²) in [5.41, 5.74) is 2.99. The molecule has 2 rings (SSSR count). The molecule has 2 heteroatoms. The van der Waals surface area contributed by atoms with Gasteiger partial charge in [0.15, 0.2) is 0 Å². The monoisotopic (exact) mass is 218 g/mol. The minimum absolute atomic E-state index is 0.0722. The molecule has 0 bridgehead atoms. The fourth-order valence-corrected chi connectivity index (χ4v) is 1.73. The van der Waals surface area contributed by atoms with Gasteiger partial charge in [0.1, 0.15) is 0 Å². The van der Waals surface area contributed by atoms with Gasteiger partial charge in [0.25, 0.3) is 0 Å². The molecule has 0 aliphatic carbocycles. The molecule has 0 aliphatic heterocycles. The highest BCUT2D eigenvalue weighted by atomic mass is 35.5. The summed E-state index contributed by atoms with van der Waals surface area (Å²) in [5.74, 6) is 0. The van der Waals surface area contributed by atoms with E-state index in [1.165, 1.54) is 0 Å². The fourth-order valence-electron chi connectivity index (χ4n) is 1.49. The second-order valence-corrected chi connectivity index (χ2v) is 3.74. The molecular weight excluding hydrogens is 208 g/mol. The van der Waals surface area contributed by atoms with Crippen molar-refractivity contribution < 1.29 is 5.11 Å². The second kappa shape index (κ2) is 4.47. The third-order valence-electron chi connectivity index (χ3n) is 2.32. The van der Waals surface area contributed by atoms with Crippen molar-refractivity contribution in [1.29, 1.82) is 0 Å². The van der Waals surface area contributed by atoms with E-state index in [0.29, 0.717) is 0 Å². The second-order valence-electron chi connectivity index (χ2n) is 3.33. The lowest BCUT2D eigenvalue weighted by Gasteiger charge is -2.04. The van der Waals surface area contributed by atoms with Crippen LogP contribution in [0, 0.1) is 0 Å². The molecule has 0 amide bonds. The highest BCUT2D eigenvalue weighted by molar-refractivity contribution is 6.33. The summed E-state index contributed by atoms with van der Waals surface area (Å²) < 4.78 is 0. The Morgan fingerprint density at radius 2 is 1.60 bits per heavy atom. The Hall–Kier alpha value is -1.31. The fraction of sp³-hybridized carbons (Fsp3) is 0.0769. The zero-order chi connectivity index (χ0) is 10.7.